The van der Waals surface area contributed by atoms with Crippen LogP contribution in [0, 0.1) is 5.41 Å². The molecule has 0 amide bonds. The van der Waals surface area contributed by atoms with Crippen LogP contribution in [0.15, 0.2) is 0 Å². The summed E-state index contributed by atoms with van der Waals surface area (Å²) in [5.74, 6) is 0. The van der Waals surface area contributed by atoms with E-state index in [1.165, 1.54) is 25.7 Å². The van der Waals surface area contributed by atoms with Crippen molar-refractivity contribution >= 4 is 6.29 Å². The lowest BCUT2D eigenvalue weighted by Gasteiger charge is -2.46. The monoisotopic (exact) mass is 239 g/mol. The predicted molar refractivity (Wildman–Crippen MR) is 68.0 cm³/mol. The molecule has 2 aliphatic rings. The van der Waals surface area contributed by atoms with E-state index in [0.717, 1.165) is 32.4 Å². The van der Waals surface area contributed by atoms with E-state index in [9.17, 15) is 4.79 Å². The summed E-state index contributed by atoms with van der Waals surface area (Å²) in [5, 5.41) is 0. The Kier molecular flexibility index (Phi) is 4.21. The lowest BCUT2D eigenvalue weighted by Crippen LogP contribution is -2.55. The summed E-state index contributed by atoms with van der Waals surface area (Å²) in [7, 11) is 0. The number of carbonyl (C=O) groups is 1. The van der Waals surface area contributed by atoms with E-state index in [1.54, 1.807) is 0 Å². The van der Waals surface area contributed by atoms with Crippen molar-refractivity contribution in [3.05, 3.63) is 0 Å². The highest BCUT2D eigenvalue weighted by molar-refractivity contribution is 5.58. The molecule has 3 nitrogen and oxygen atoms in total. The molecule has 0 spiro atoms. The summed E-state index contributed by atoms with van der Waals surface area (Å²) in [5.41, 5.74) is -0.181. The van der Waals surface area contributed by atoms with E-state index in [4.69, 9.17) is 4.74 Å². The van der Waals surface area contributed by atoms with Crippen molar-refractivity contribution in [1.29, 1.82) is 0 Å². The smallest absolute Gasteiger partial charge is 0.127 e. The van der Waals surface area contributed by atoms with Crippen molar-refractivity contribution in [3.8, 4) is 0 Å². The molecular formula is C14H25NO2. The van der Waals surface area contributed by atoms with Gasteiger partial charge < -0.3 is 9.53 Å². The van der Waals surface area contributed by atoms with Gasteiger partial charge in [-0.25, -0.2) is 0 Å². The molecule has 0 N–H and O–H groups in total. The number of morpholine rings is 1. The Morgan fingerprint density at radius 2 is 2.18 bits per heavy atom. The second-order valence-corrected chi connectivity index (χ2v) is 5.86. The quantitative estimate of drug-likeness (QED) is 0.705. The fourth-order valence-corrected chi connectivity index (χ4v) is 3.07. The maximum atomic E-state index is 11.2. The van der Waals surface area contributed by atoms with Crippen molar-refractivity contribution < 1.29 is 9.53 Å². The molecule has 3 heteroatoms. The third-order valence-corrected chi connectivity index (χ3v) is 4.50. The molecule has 3 atom stereocenters. The number of rotatable bonds is 4. The van der Waals surface area contributed by atoms with Crippen molar-refractivity contribution in [2.75, 3.05) is 19.7 Å². The molecule has 2 rings (SSSR count). The Morgan fingerprint density at radius 3 is 2.88 bits per heavy atom. The van der Waals surface area contributed by atoms with Gasteiger partial charge in [0, 0.05) is 24.5 Å². The normalized spacial score (nSPS) is 33.8. The van der Waals surface area contributed by atoms with Gasteiger partial charge in [0.15, 0.2) is 0 Å². The van der Waals surface area contributed by atoms with Gasteiger partial charge in [0.1, 0.15) is 6.29 Å². The van der Waals surface area contributed by atoms with Crippen LogP contribution in [-0.4, -0.2) is 43.0 Å². The van der Waals surface area contributed by atoms with Crippen LogP contribution in [0.3, 0.4) is 0 Å². The van der Waals surface area contributed by atoms with Crippen LogP contribution in [0.5, 0.6) is 0 Å². The number of nitrogens with zero attached hydrogens (tertiary/aromatic N) is 1. The van der Waals surface area contributed by atoms with Crippen molar-refractivity contribution in [1.82, 2.24) is 4.90 Å². The predicted octanol–water partition coefficient (Wildman–Crippen LogP) is 2.25. The van der Waals surface area contributed by atoms with Gasteiger partial charge in [-0.1, -0.05) is 26.7 Å². The topological polar surface area (TPSA) is 29.5 Å². The summed E-state index contributed by atoms with van der Waals surface area (Å²) in [6, 6.07) is 0.559. The van der Waals surface area contributed by atoms with Gasteiger partial charge in [-0.15, -0.1) is 0 Å². The zero-order chi connectivity index (χ0) is 12.3. The first-order chi connectivity index (χ1) is 8.18. The minimum absolute atomic E-state index is 0.181. The molecule has 0 aromatic heterocycles. The SMILES string of the molecule is CCC(C)(C=O)CN1CCOC2CCCCC21. The number of carbonyl (C=O) groups excluding carboxylic acids is 1. The largest absolute Gasteiger partial charge is 0.375 e. The van der Waals surface area contributed by atoms with Crippen molar-refractivity contribution in [3.63, 3.8) is 0 Å². The van der Waals surface area contributed by atoms with Crippen LogP contribution in [0.1, 0.15) is 46.0 Å². The number of fused-ring (bicyclic) bond motifs is 1. The second kappa shape index (κ2) is 5.49. The highest BCUT2D eigenvalue weighted by Crippen LogP contribution is 2.31. The molecule has 1 aliphatic heterocycles. The number of ether oxygens (including phenoxy) is 1. The molecule has 1 saturated heterocycles. The average Bonchev–Trinajstić information content (AvgIpc) is 2.39. The number of aldehydes is 1. The Bertz CT molecular complexity index is 267. The highest BCUT2D eigenvalue weighted by atomic mass is 16.5. The Hall–Kier alpha value is -0.410. The molecule has 0 aromatic rings. The van der Waals surface area contributed by atoms with Crippen LogP contribution >= 0.6 is 0 Å². The maximum absolute atomic E-state index is 11.2. The highest BCUT2D eigenvalue weighted by Gasteiger charge is 2.37. The zero-order valence-corrected chi connectivity index (χ0v) is 11.2. The summed E-state index contributed by atoms with van der Waals surface area (Å²) in [6.45, 7) is 6.91. The van der Waals surface area contributed by atoms with Crippen LogP contribution in [0.4, 0.5) is 0 Å². The summed E-state index contributed by atoms with van der Waals surface area (Å²) < 4.78 is 5.86. The van der Waals surface area contributed by atoms with Crippen LogP contribution < -0.4 is 0 Å². The maximum Gasteiger partial charge on any atom is 0.127 e. The van der Waals surface area contributed by atoms with Gasteiger partial charge in [0.05, 0.1) is 12.7 Å². The molecule has 0 aromatic carbocycles. The fraction of sp³-hybridized carbons (Fsp3) is 0.929. The number of hydrogen-bond acceptors (Lipinski definition) is 3. The molecule has 1 saturated carbocycles. The first kappa shape index (κ1) is 13.0. The van der Waals surface area contributed by atoms with Gasteiger partial charge in [0.25, 0.3) is 0 Å². The molecule has 0 radical (unpaired) electrons. The molecule has 98 valence electrons. The Labute approximate surface area is 105 Å². The van der Waals surface area contributed by atoms with Gasteiger partial charge in [-0.3, -0.25) is 4.90 Å². The summed E-state index contributed by atoms with van der Waals surface area (Å²) >= 11 is 0. The Morgan fingerprint density at radius 1 is 1.41 bits per heavy atom. The molecule has 3 unspecified atom stereocenters. The van der Waals surface area contributed by atoms with E-state index in [-0.39, 0.29) is 5.41 Å². The van der Waals surface area contributed by atoms with Crippen molar-refractivity contribution in [2.24, 2.45) is 5.41 Å². The summed E-state index contributed by atoms with van der Waals surface area (Å²) in [4.78, 5) is 13.7. The molecule has 2 fully saturated rings. The zero-order valence-electron chi connectivity index (χ0n) is 11.2. The van der Waals surface area contributed by atoms with Crippen LogP contribution in [-0.2, 0) is 9.53 Å². The Balaban J connectivity index is 2.01. The summed E-state index contributed by atoms with van der Waals surface area (Å²) in [6.07, 6.45) is 7.53. The van der Waals surface area contributed by atoms with Gasteiger partial charge in [0.2, 0.25) is 0 Å². The van der Waals surface area contributed by atoms with Crippen molar-refractivity contribution in [2.45, 2.75) is 58.1 Å². The van der Waals surface area contributed by atoms with Gasteiger partial charge >= 0.3 is 0 Å². The third-order valence-electron chi connectivity index (χ3n) is 4.50. The third kappa shape index (κ3) is 2.89. The average molecular weight is 239 g/mol. The fourth-order valence-electron chi connectivity index (χ4n) is 3.07. The molecule has 1 heterocycles. The van der Waals surface area contributed by atoms with E-state index >= 15 is 0 Å². The lowest BCUT2D eigenvalue weighted by atomic mass is 9.85. The first-order valence-electron chi connectivity index (χ1n) is 7.00. The molecule has 17 heavy (non-hydrogen) atoms. The second-order valence-electron chi connectivity index (χ2n) is 5.86. The lowest BCUT2D eigenvalue weighted by molar-refractivity contribution is -0.123. The van der Waals surface area contributed by atoms with E-state index < -0.39 is 0 Å². The molecule has 0 bridgehead atoms. The van der Waals surface area contributed by atoms with Gasteiger partial charge in [-0.05, 0) is 19.3 Å². The van der Waals surface area contributed by atoms with Gasteiger partial charge in [-0.2, -0.15) is 0 Å². The standard InChI is InChI=1S/C14H25NO2/c1-3-14(2,11-16)10-15-8-9-17-13-7-5-4-6-12(13)15/h11-13H,3-10H2,1-2H3. The number of hydrogen-bond donors (Lipinski definition) is 0. The minimum Gasteiger partial charge on any atom is -0.375 e. The first-order valence-corrected chi connectivity index (χ1v) is 7.00. The van der Waals surface area contributed by atoms with Crippen LogP contribution in [0.25, 0.3) is 0 Å². The molecular weight excluding hydrogens is 214 g/mol. The van der Waals surface area contributed by atoms with E-state index in [1.807, 2.05) is 0 Å². The minimum atomic E-state index is -0.181. The molecule has 1 aliphatic carbocycles. The van der Waals surface area contributed by atoms with Crippen LogP contribution in [0.2, 0.25) is 0 Å². The van der Waals surface area contributed by atoms with E-state index in [2.05, 4.69) is 18.7 Å². The van der Waals surface area contributed by atoms with E-state index in [0.29, 0.717) is 12.1 Å².